The molecule has 0 aliphatic rings. The van der Waals surface area contributed by atoms with Gasteiger partial charge in [-0.3, -0.25) is 4.79 Å². The maximum atomic E-state index is 11.6. The lowest BCUT2D eigenvalue weighted by Gasteiger charge is -2.10. The predicted octanol–water partition coefficient (Wildman–Crippen LogP) is 1.30. The van der Waals surface area contributed by atoms with Gasteiger partial charge in [-0.15, -0.1) is 0 Å². The summed E-state index contributed by atoms with van der Waals surface area (Å²) in [6.07, 6.45) is 0.135. The SMILES string of the molecule is CNC(=O)CCNC(=O)Nc1ccc(Cl)cc1C(=O)O. The van der Waals surface area contributed by atoms with Crippen molar-refractivity contribution in [2.75, 3.05) is 18.9 Å². The summed E-state index contributed by atoms with van der Waals surface area (Å²) < 4.78 is 0. The van der Waals surface area contributed by atoms with Gasteiger partial charge < -0.3 is 21.1 Å². The van der Waals surface area contributed by atoms with Gasteiger partial charge in [-0.2, -0.15) is 0 Å². The monoisotopic (exact) mass is 299 g/mol. The van der Waals surface area contributed by atoms with Gasteiger partial charge in [0.2, 0.25) is 5.91 Å². The number of rotatable bonds is 5. The van der Waals surface area contributed by atoms with Crippen LogP contribution in [0.15, 0.2) is 18.2 Å². The second-order valence-electron chi connectivity index (χ2n) is 3.80. The fraction of sp³-hybridized carbons (Fsp3) is 0.250. The number of amides is 3. The second-order valence-corrected chi connectivity index (χ2v) is 4.24. The quantitative estimate of drug-likeness (QED) is 0.657. The van der Waals surface area contributed by atoms with Gasteiger partial charge in [0.1, 0.15) is 0 Å². The fourth-order valence-electron chi connectivity index (χ4n) is 1.38. The number of carboxylic acid groups (broad SMARTS) is 1. The van der Waals surface area contributed by atoms with Crippen LogP contribution in [0.1, 0.15) is 16.8 Å². The molecule has 0 saturated heterocycles. The summed E-state index contributed by atoms with van der Waals surface area (Å²) >= 11 is 5.70. The molecule has 0 heterocycles. The molecular weight excluding hydrogens is 286 g/mol. The van der Waals surface area contributed by atoms with Crippen LogP contribution in [-0.2, 0) is 4.79 Å². The second kappa shape index (κ2) is 7.34. The van der Waals surface area contributed by atoms with Crippen molar-refractivity contribution in [2.24, 2.45) is 0 Å². The molecule has 1 aromatic rings. The lowest BCUT2D eigenvalue weighted by Crippen LogP contribution is -2.32. The molecule has 0 radical (unpaired) electrons. The minimum atomic E-state index is -1.20. The zero-order valence-corrected chi connectivity index (χ0v) is 11.5. The van der Waals surface area contributed by atoms with Crippen LogP contribution in [0.2, 0.25) is 5.02 Å². The minimum absolute atomic E-state index is 0.112. The Labute approximate surface area is 120 Å². The molecular formula is C12H14ClN3O4. The minimum Gasteiger partial charge on any atom is -0.478 e. The summed E-state index contributed by atoms with van der Waals surface area (Å²) in [5.41, 5.74) is 0.0123. The van der Waals surface area contributed by atoms with E-state index in [2.05, 4.69) is 16.0 Å². The number of carbonyl (C=O) groups is 3. The van der Waals surface area contributed by atoms with Gasteiger partial charge in [-0.25, -0.2) is 9.59 Å². The van der Waals surface area contributed by atoms with E-state index in [1.165, 1.54) is 25.2 Å². The van der Waals surface area contributed by atoms with Crippen molar-refractivity contribution in [3.63, 3.8) is 0 Å². The molecule has 3 amide bonds. The molecule has 8 heteroatoms. The van der Waals surface area contributed by atoms with Crippen LogP contribution in [0.4, 0.5) is 10.5 Å². The van der Waals surface area contributed by atoms with Gasteiger partial charge in [0.05, 0.1) is 11.3 Å². The number of urea groups is 1. The predicted molar refractivity (Wildman–Crippen MR) is 74.1 cm³/mol. The number of hydrogen-bond acceptors (Lipinski definition) is 3. The first-order valence-corrected chi connectivity index (χ1v) is 6.10. The van der Waals surface area contributed by atoms with Crippen LogP contribution in [-0.4, -0.2) is 36.6 Å². The largest absolute Gasteiger partial charge is 0.478 e. The first-order valence-electron chi connectivity index (χ1n) is 5.72. The van der Waals surface area contributed by atoms with Crippen LogP contribution < -0.4 is 16.0 Å². The highest BCUT2D eigenvalue weighted by atomic mass is 35.5. The Morgan fingerprint density at radius 3 is 2.60 bits per heavy atom. The van der Waals surface area contributed by atoms with E-state index >= 15 is 0 Å². The average molecular weight is 300 g/mol. The van der Waals surface area contributed by atoms with Crippen molar-refractivity contribution in [3.05, 3.63) is 28.8 Å². The summed E-state index contributed by atoms with van der Waals surface area (Å²) in [5.74, 6) is -1.41. The van der Waals surface area contributed by atoms with Crippen molar-refractivity contribution in [1.29, 1.82) is 0 Å². The topological polar surface area (TPSA) is 108 Å². The smallest absolute Gasteiger partial charge is 0.337 e. The summed E-state index contributed by atoms with van der Waals surface area (Å²) in [6, 6.07) is 3.50. The summed E-state index contributed by atoms with van der Waals surface area (Å²) in [6.45, 7) is 0.140. The number of hydrogen-bond donors (Lipinski definition) is 4. The number of halogens is 1. The fourth-order valence-corrected chi connectivity index (χ4v) is 1.56. The Bertz CT molecular complexity index is 533. The van der Waals surface area contributed by atoms with Gasteiger partial charge in [0.25, 0.3) is 0 Å². The molecule has 0 aromatic heterocycles. The van der Waals surface area contributed by atoms with Crippen LogP contribution in [0.25, 0.3) is 0 Å². The molecule has 0 spiro atoms. The third-order valence-electron chi connectivity index (χ3n) is 2.38. The number of benzene rings is 1. The zero-order valence-electron chi connectivity index (χ0n) is 10.7. The Hall–Kier alpha value is -2.28. The van der Waals surface area contributed by atoms with Crippen LogP contribution in [0.5, 0.6) is 0 Å². The Balaban J connectivity index is 2.62. The lowest BCUT2D eigenvalue weighted by molar-refractivity contribution is -0.120. The first kappa shape index (κ1) is 15.8. The van der Waals surface area contributed by atoms with Gasteiger partial charge in [0.15, 0.2) is 0 Å². The van der Waals surface area contributed by atoms with E-state index in [0.29, 0.717) is 0 Å². The molecule has 20 heavy (non-hydrogen) atoms. The van der Waals surface area contributed by atoms with Gasteiger partial charge in [0, 0.05) is 25.0 Å². The maximum Gasteiger partial charge on any atom is 0.337 e. The third kappa shape index (κ3) is 4.77. The zero-order chi connectivity index (χ0) is 15.1. The van der Waals surface area contributed by atoms with E-state index in [1.54, 1.807) is 0 Å². The van der Waals surface area contributed by atoms with E-state index < -0.39 is 12.0 Å². The van der Waals surface area contributed by atoms with E-state index in [-0.39, 0.29) is 35.1 Å². The number of anilines is 1. The first-order chi connectivity index (χ1) is 9.43. The molecule has 0 bridgehead atoms. The molecule has 4 N–H and O–H groups in total. The average Bonchev–Trinajstić information content (AvgIpc) is 2.40. The standard InChI is InChI=1S/C12H14ClN3O4/c1-14-10(17)4-5-15-12(20)16-9-3-2-7(13)6-8(9)11(18)19/h2-3,6H,4-5H2,1H3,(H,14,17)(H,18,19)(H2,15,16,20). The van der Waals surface area contributed by atoms with Crippen LogP contribution in [0, 0.1) is 0 Å². The molecule has 0 unspecified atom stereocenters. The summed E-state index contributed by atoms with van der Waals surface area (Å²) in [5, 5.41) is 16.5. The van der Waals surface area contributed by atoms with Crippen LogP contribution >= 0.6 is 11.6 Å². The van der Waals surface area contributed by atoms with E-state index in [0.717, 1.165) is 0 Å². The van der Waals surface area contributed by atoms with E-state index in [4.69, 9.17) is 16.7 Å². The number of nitrogens with one attached hydrogen (secondary N) is 3. The highest BCUT2D eigenvalue weighted by molar-refractivity contribution is 6.31. The molecule has 1 rings (SSSR count). The number of carbonyl (C=O) groups excluding carboxylic acids is 2. The van der Waals surface area contributed by atoms with Crippen molar-refractivity contribution in [3.8, 4) is 0 Å². The van der Waals surface area contributed by atoms with Crippen molar-refractivity contribution in [2.45, 2.75) is 6.42 Å². The number of carboxylic acids is 1. The number of aromatic carboxylic acids is 1. The van der Waals surface area contributed by atoms with Gasteiger partial charge in [-0.1, -0.05) is 11.6 Å². The van der Waals surface area contributed by atoms with Crippen molar-refractivity contribution >= 4 is 35.2 Å². The highest BCUT2D eigenvalue weighted by Crippen LogP contribution is 2.20. The normalized spacial score (nSPS) is 9.70. The van der Waals surface area contributed by atoms with E-state index in [1.807, 2.05) is 0 Å². The Kier molecular flexibility index (Phi) is 5.79. The van der Waals surface area contributed by atoms with E-state index in [9.17, 15) is 14.4 Å². The molecule has 0 atom stereocenters. The molecule has 0 aliphatic heterocycles. The van der Waals surface area contributed by atoms with Crippen LogP contribution in [0.3, 0.4) is 0 Å². The third-order valence-corrected chi connectivity index (χ3v) is 2.61. The molecule has 0 saturated carbocycles. The Morgan fingerprint density at radius 1 is 1.30 bits per heavy atom. The molecule has 1 aromatic carbocycles. The van der Waals surface area contributed by atoms with Crippen molar-refractivity contribution in [1.82, 2.24) is 10.6 Å². The molecule has 108 valence electrons. The lowest BCUT2D eigenvalue weighted by atomic mass is 10.2. The molecule has 0 aliphatic carbocycles. The van der Waals surface area contributed by atoms with Crippen molar-refractivity contribution < 1.29 is 19.5 Å². The summed E-state index contributed by atoms with van der Waals surface area (Å²) in [7, 11) is 1.50. The summed E-state index contributed by atoms with van der Waals surface area (Å²) in [4.78, 5) is 33.5. The molecule has 7 nitrogen and oxygen atoms in total. The maximum absolute atomic E-state index is 11.6. The Morgan fingerprint density at radius 2 is 2.00 bits per heavy atom. The molecule has 0 fully saturated rings. The van der Waals surface area contributed by atoms with Gasteiger partial charge in [-0.05, 0) is 18.2 Å². The highest BCUT2D eigenvalue weighted by Gasteiger charge is 2.13. The van der Waals surface area contributed by atoms with Gasteiger partial charge >= 0.3 is 12.0 Å².